The second-order valence-electron chi connectivity index (χ2n) is 6.77. The average molecular weight is 315 g/mol. The minimum absolute atomic E-state index is 0.289. The Labute approximate surface area is 142 Å². The lowest BCUT2D eigenvalue weighted by molar-refractivity contribution is 0.228. The van der Waals surface area contributed by atoms with E-state index >= 15 is 0 Å². The van der Waals surface area contributed by atoms with E-state index in [-0.39, 0.29) is 5.41 Å². The van der Waals surface area contributed by atoms with Crippen molar-refractivity contribution < 1.29 is 0 Å². The zero-order valence-electron chi connectivity index (χ0n) is 13.6. The number of nitriles is 1. The van der Waals surface area contributed by atoms with E-state index in [1.165, 1.54) is 16.5 Å². The summed E-state index contributed by atoms with van der Waals surface area (Å²) in [7, 11) is 0. The summed E-state index contributed by atoms with van der Waals surface area (Å²) in [6, 6.07) is 21.9. The molecule has 1 fully saturated rings. The molecule has 0 spiro atoms. The lowest BCUT2D eigenvalue weighted by Gasteiger charge is -2.43. The van der Waals surface area contributed by atoms with E-state index in [1.807, 2.05) is 24.4 Å². The number of aromatic amines is 1. The third kappa shape index (κ3) is 2.70. The van der Waals surface area contributed by atoms with Crippen molar-refractivity contribution in [2.45, 2.75) is 30.7 Å². The Hall–Kier alpha value is -2.57. The number of hydrogen-bond donors (Lipinski definition) is 2. The summed E-state index contributed by atoms with van der Waals surface area (Å²) in [6.45, 7) is 0.955. The van der Waals surface area contributed by atoms with Crippen LogP contribution in [0.3, 0.4) is 0 Å². The Bertz CT molecular complexity index is 867. The first-order chi connectivity index (χ1) is 11.8. The molecule has 1 aromatic heterocycles. The van der Waals surface area contributed by atoms with E-state index in [4.69, 9.17) is 0 Å². The molecule has 3 nitrogen and oxygen atoms in total. The molecule has 120 valence electrons. The Balaban J connectivity index is 1.31. The maximum absolute atomic E-state index is 9.61. The van der Waals surface area contributed by atoms with Crippen molar-refractivity contribution in [3.05, 3.63) is 71.9 Å². The standard InChI is InChI=1S/C21H21N3/c22-15-21(18-4-2-1-3-5-18)13-19(14-21)23-10-8-16-6-7-20-17(12-16)9-11-24-20/h1-7,9,11-12,19,23-24H,8,10,13-14H2. The first kappa shape index (κ1) is 15.0. The van der Waals surface area contributed by atoms with E-state index < -0.39 is 0 Å². The van der Waals surface area contributed by atoms with Crippen molar-refractivity contribution in [1.29, 1.82) is 5.26 Å². The van der Waals surface area contributed by atoms with Crippen LogP contribution in [0, 0.1) is 11.3 Å². The SMILES string of the molecule is N#CC1(c2ccccc2)CC(NCCc2ccc3[nH]ccc3c2)C1. The Kier molecular flexibility index (Phi) is 3.84. The van der Waals surface area contributed by atoms with Crippen molar-refractivity contribution in [3.63, 3.8) is 0 Å². The Morgan fingerprint density at radius 1 is 1.12 bits per heavy atom. The van der Waals surface area contributed by atoms with Crippen molar-refractivity contribution in [1.82, 2.24) is 10.3 Å². The third-order valence-corrected chi connectivity index (χ3v) is 5.19. The predicted molar refractivity (Wildman–Crippen MR) is 96.8 cm³/mol. The number of fused-ring (bicyclic) bond motifs is 1. The van der Waals surface area contributed by atoms with Gasteiger partial charge in [0, 0.05) is 17.8 Å². The molecule has 1 aliphatic carbocycles. The highest BCUT2D eigenvalue weighted by molar-refractivity contribution is 5.79. The van der Waals surface area contributed by atoms with Gasteiger partial charge in [0.1, 0.15) is 0 Å². The van der Waals surface area contributed by atoms with Gasteiger partial charge in [-0.3, -0.25) is 0 Å². The molecule has 1 saturated carbocycles. The second-order valence-corrected chi connectivity index (χ2v) is 6.77. The fraction of sp³-hybridized carbons (Fsp3) is 0.286. The summed E-state index contributed by atoms with van der Waals surface area (Å²) in [6.07, 6.45) is 4.81. The molecular formula is C21H21N3. The van der Waals surface area contributed by atoms with Crippen molar-refractivity contribution in [2.24, 2.45) is 0 Å². The van der Waals surface area contributed by atoms with Crippen LogP contribution in [-0.4, -0.2) is 17.6 Å². The summed E-state index contributed by atoms with van der Waals surface area (Å²) in [5.41, 5.74) is 3.41. The molecule has 0 saturated heterocycles. The molecule has 0 bridgehead atoms. The average Bonchev–Trinajstić information content (AvgIpc) is 3.05. The minimum atomic E-state index is -0.289. The van der Waals surface area contributed by atoms with E-state index in [9.17, 15) is 5.26 Å². The maximum Gasteiger partial charge on any atom is 0.0852 e. The van der Waals surface area contributed by atoms with Gasteiger partial charge >= 0.3 is 0 Å². The molecule has 1 heterocycles. The molecule has 3 aromatic rings. The van der Waals surface area contributed by atoms with Crippen molar-refractivity contribution in [3.8, 4) is 6.07 Å². The van der Waals surface area contributed by atoms with Crippen molar-refractivity contribution >= 4 is 10.9 Å². The zero-order chi connectivity index (χ0) is 16.4. The van der Waals surface area contributed by atoms with Gasteiger partial charge in [0.05, 0.1) is 11.5 Å². The lowest BCUT2D eigenvalue weighted by Crippen LogP contribution is -2.51. The molecular weight excluding hydrogens is 294 g/mol. The quantitative estimate of drug-likeness (QED) is 0.749. The summed E-state index contributed by atoms with van der Waals surface area (Å²) in [5, 5.41) is 14.5. The molecule has 0 aliphatic heterocycles. The van der Waals surface area contributed by atoms with Crippen LogP contribution in [0.2, 0.25) is 0 Å². The molecule has 0 atom stereocenters. The molecule has 0 amide bonds. The summed E-state index contributed by atoms with van der Waals surface area (Å²) >= 11 is 0. The van der Waals surface area contributed by atoms with Crippen LogP contribution in [0.1, 0.15) is 24.0 Å². The molecule has 1 aliphatic rings. The normalized spacial score (nSPS) is 22.9. The summed E-state index contributed by atoms with van der Waals surface area (Å²) in [5.74, 6) is 0. The van der Waals surface area contributed by atoms with Crippen molar-refractivity contribution in [2.75, 3.05) is 6.54 Å². The number of nitrogens with zero attached hydrogens (tertiary/aromatic N) is 1. The van der Waals surface area contributed by atoms with E-state index in [0.717, 1.165) is 31.4 Å². The second kappa shape index (κ2) is 6.14. The number of nitrogens with one attached hydrogen (secondary N) is 2. The number of aromatic nitrogens is 1. The van der Waals surface area contributed by atoms with Gasteiger partial charge in [-0.05, 0) is 60.5 Å². The fourth-order valence-electron chi connectivity index (χ4n) is 3.75. The number of rotatable bonds is 5. The van der Waals surface area contributed by atoms with Crippen LogP contribution < -0.4 is 5.32 Å². The predicted octanol–water partition coefficient (Wildman–Crippen LogP) is 3.92. The zero-order valence-corrected chi connectivity index (χ0v) is 13.6. The van der Waals surface area contributed by atoms with Gasteiger partial charge < -0.3 is 10.3 Å². The van der Waals surface area contributed by atoms with Gasteiger partial charge in [0.15, 0.2) is 0 Å². The molecule has 2 N–H and O–H groups in total. The van der Waals surface area contributed by atoms with E-state index in [2.05, 4.69) is 52.8 Å². The number of hydrogen-bond acceptors (Lipinski definition) is 2. The first-order valence-corrected chi connectivity index (χ1v) is 8.55. The molecule has 3 heteroatoms. The minimum Gasteiger partial charge on any atom is -0.361 e. The van der Waals surface area contributed by atoms with Crippen LogP contribution in [0.5, 0.6) is 0 Å². The monoisotopic (exact) mass is 315 g/mol. The number of benzene rings is 2. The van der Waals surface area contributed by atoms with Crippen LogP contribution in [0.4, 0.5) is 0 Å². The topological polar surface area (TPSA) is 51.6 Å². The Morgan fingerprint density at radius 2 is 1.96 bits per heavy atom. The highest BCUT2D eigenvalue weighted by Crippen LogP contribution is 2.43. The molecule has 4 rings (SSSR count). The Morgan fingerprint density at radius 3 is 2.75 bits per heavy atom. The van der Waals surface area contributed by atoms with Gasteiger partial charge in [-0.1, -0.05) is 36.4 Å². The van der Waals surface area contributed by atoms with Crippen LogP contribution in [0.25, 0.3) is 10.9 Å². The van der Waals surface area contributed by atoms with Crippen LogP contribution >= 0.6 is 0 Å². The first-order valence-electron chi connectivity index (χ1n) is 8.55. The van der Waals surface area contributed by atoms with Gasteiger partial charge in [-0.2, -0.15) is 5.26 Å². The van der Waals surface area contributed by atoms with Gasteiger partial charge in [0.2, 0.25) is 0 Å². The summed E-state index contributed by atoms with van der Waals surface area (Å²) < 4.78 is 0. The third-order valence-electron chi connectivity index (χ3n) is 5.19. The maximum atomic E-state index is 9.61. The lowest BCUT2D eigenvalue weighted by atomic mass is 9.62. The largest absolute Gasteiger partial charge is 0.361 e. The van der Waals surface area contributed by atoms with Gasteiger partial charge in [0.25, 0.3) is 0 Å². The van der Waals surface area contributed by atoms with Gasteiger partial charge in [-0.15, -0.1) is 0 Å². The summed E-state index contributed by atoms with van der Waals surface area (Å²) in [4.78, 5) is 3.22. The van der Waals surface area contributed by atoms with E-state index in [0.29, 0.717) is 6.04 Å². The van der Waals surface area contributed by atoms with E-state index in [1.54, 1.807) is 0 Å². The fourth-order valence-corrected chi connectivity index (χ4v) is 3.75. The highest BCUT2D eigenvalue weighted by atomic mass is 14.9. The van der Waals surface area contributed by atoms with Crippen LogP contribution in [-0.2, 0) is 11.8 Å². The molecule has 2 aromatic carbocycles. The number of H-pyrrole nitrogens is 1. The highest BCUT2D eigenvalue weighted by Gasteiger charge is 2.45. The molecule has 24 heavy (non-hydrogen) atoms. The molecule has 0 unspecified atom stereocenters. The molecule has 0 radical (unpaired) electrons. The van der Waals surface area contributed by atoms with Gasteiger partial charge in [-0.25, -0.2) is 0 Å². The smallest absolute Gasteiger partial charge is 0.0852 e. The van der Waals surface area contributed by atoms with Crippen LogP contribution in [0.15, 0.2) is 60.8 Å².